The van der Waals surface area contributed by atoms with E-state index in [0.717, 1.165) is 21.2 Å². The SMILES string of the molecule is Cc1cc(C(=O)c2cccc(Br)c2C)sc1Cl. The summed E-state index contributed by atoms with van der Waals surface area (Å²) in [5, 5.41) is 0. The van der Waals surface area contributed by atoms with Crippen LogP contribution in [0.5, 0.6) is 0 Å². The van der Waals surface area contributed by atoms with E-state index in [0.29, 0.717) is 9.21 Å². The molecule has 2 aromatic rings. The molecular weight excluding hydrogens is 320 g/mol. The van der Waals surface area contributed by atoms with Crippen molar-refractivity contribution in [2.45, 2.75) is 13.8 Å². The topological polar surface area (TPSA) is 17.1 Å². The molecule has 17 heavy (non-hydrogen) atoms. The Kier molecular flexibility index (Phi) is 3.71. The number of hydrogen-bond donors (Lipinski definition) is 0. The zero-order valence-electron chi connectivity index (χ0n) is 9.38. The second-order valence-electron chi connectivity index (χ2n) is 3.81. The molecule has 1 aromatic carbocycles. The fourth-order valence-electron chi connectivity index (χ4n) is 1.56. The van der Waals surface area contributed by atoms with E-state index in [2.05, 4.69) is 15.9 Å². The standard InChI is InChI=1S/C13H10BrClOS/c1-7-6-11(17-13(7)15)12(16)9-4-3-5-10(14)8(9)2/h3-6H,1-2H3. The van der Waals surface area contributed by atoms with Crippen molar-refractivity contribution in [2.75, 3.05) is 0 Å². The van der Waals surface area contributed by atoms with Gasteiger partial charge in [0.15, 0.2) is 0 Å². The van der Waals surface area contributed by atoms with Gasteiger partial charge < -0.3 is 0 Å². The number of halogens is 2. The number of carbonyl (C=O) groups is 1. The van der Waals surface area contributed by atoms with Crippen LogP contribution in [0, 0.1) is 13.8 Å². The molecule has 0 saturated carbocycles. The minimum atomic E-state index is 0.0313. The summed E-state index contributed by atoms with van der Waals surface area (Å²) in [5.41, 5.74) is 2.63. The Labute approximate surface area is 118 Å². The lowest BCUT2D eigenvalue weighted by molar-refractivity contribution is 0.104. The molecular formula is C13H10BrClOS. The van der Waals surface area contributed by atoms with Crippen molar-refractivity contribution < 1.29 is 4.79 Å². The van der Waals surface area contributed by atoms with Crippen LogP contribution in [-0.2, 0) is 0 Å². The molecule has 0 aliphatic heterocycles. The third-order valence-electron chi connectivity index (χ3n) is 2.59. The quantitative estimate of drug-likeness (QED) is 0.708. The van der Waals surface area contributed by atoms with Gasteiger partial charge in [0.1, 0.15) is 0 Å². The number of thiophene rings is 1. The first-order chi connectivity index (χ1) is 8.00. The molecule has 0 N–H and O–H groups in total. The van der Waals surface area contributed by atoms with Crippen LogP contribution in [0.15, 0.2) is 28.7 Å². The zero-order valence-corrected chi connectivity index (χ0v) is 12.5. The first-order valence-corrected chi connectivity index (χ1v) is 7.05. The van der Waals surface area contributed by atoms with Crippen LogP contribution in [0.25, 0.3) is 0 Å². The van der Waals surface area contributed by atoms with E-state index in [1.165, 1.54) is 11.3 Å². The predicted molar refractivity (Wildman–Crippen MR) is 76.4 cm³/mol. The van der Waals surface area contributed by atoms with Gasteiger partial charge in [0.25, 0.3) is 0 Å². The van der Waals surface area contributed by atoms with Crippen molar-refractivity contribution in [2.24, 2.45) is 0 Å². The molecule has 0 unspecified atom stereocenters. The Bertz CT molecular complexity index is 570. The highest BCUT2D eigenvalue weighted by Gasteiger charge is 2.16. The Morgan fingerprint density at radius 2 is 2.06 bits per heavy atom. The van der Waals surface area contributed by atoms with Gasteiger partial charge in [-0.15, -0.1) is 11.3 Å². The van der Waals surface area contributed by atoms with Crippen LogP contribution in [0.3, 0.4) is 0 Å². The largest absolute Gasteiger partial charge is 0.288 e. The Hall–Kier alpha value is -0.640. The highest BCUT2D eigenvalue weighted by molar-refractivity contribution is 9.10. The van der Waals surface area contributed by atoms with Crippen molar-refractivity contribution in [3.63, 3.8) is 0 Å². The molecule has 4 heteroatoms. The van der Waals surface area contributed by atoms with E-state index in [1.54, 1.807) is 0 Å². The minimum absolute atomic E-state index is 0.0313. The first kappa shape index (κ1) is 12.8. The van der Waals surface area contributed by atoms with E-state index < -0.39 is 0 Å². The number of carbonyl (C=O) groups excluding carboxylic acids is 1. The van der Waals surface area contributed by atoms with Crippen molar-refractivity contribution in [1.29, 1.82) is 0 Å². The molecule has 88 valence electrons. The van der Waals surface area contributed by atoms with Crippen LogP contribution >= 0.6 is 38.9 Å². The number of benzene rings is 1. The number of ketones is 1. The van der Waals surface area contributed by atoms with Gasteiger partial charge in [-0.05, 0) is 37.1 Å². The second-order valence-corrected chi connectivity index (χ2v) is 6.32. The van der Waals surface area contributed by atoms with Gasteiger partial charge in [-0.25, -0.2) is 0 Å². The third-order valence-corrected chi connectivity index (χ3v) is 5.01. The van der Waals surface area contributed by atoms with Gasteiger partial charge in [0.05, 0.1) is 9.21 Å². The average molecular weight is 330 g/mol. The summed E-state index contributed by atoms with van der Waals surface area (Å²) in [7, 11) is 0. The average Bonchev–Trinajstić information content (AvgIpc) is 2.62. The van der Waals surface area contributed by atoms with Gasteiger partial charge in [-0.3, -0.25) is 4.79 Å². The van der Waals surface area contributed by atoms with Crippen molar-refractivity contribution >= 4 is 44.7 Å². The Morgan fingerprint density at radius 1 is 1.35 bits per heavy atom. The molecule has 1 aromatic heterocycles. The molecule has 0 aliphatic rings. The number of hydrogen-bond acceptors (Lipinski definition) is 2. The van der Waals surface area contributed by atoms with Crippen LogP contribution in [0.1, 0.15) is 26.4 Å². The highest BCUT2D eigenvalue weighted by Crippen LogP contribution is 2.30. The number of rotatable bonds is 2. The molecule has 0 saturated heterocycles. The lowest BCUT2D eigenvalue weighted by Gasteiger charge is -2.04. The molecule has 1 nitrogen and oxygen atoms in total. The zero-order chi connectivity index (χ0) is 12.6. The Morgan fingerprint density at radius 3 is 2.65 bits per heavy atom. The lowest BCUT2D eigenvalue weighted by atomic mass is 10.0. The summed E-state index contributed by atoms with van der Waals surface area (Å²) < 4.78 is 1.63. The number of aryl methyl sites for hydroxylation is 1. The van der Waals surface area contributed by atoms with E-state index in [9.17, 15) is 4.79 Å². The van der Waals surface area contributed by atoms with Crippen LogP contribution in [0.2, 0.25) is 4.34 Å². The molecule has 0 spiro atoms. The smallest absolute Gasteiger partial charge is 0.203 e. The normalized spacial score (nSPS) is 10.6. The van der Waals surface area contributed by atoms with E-state index in [-0.39, 0.29) is 5.78 Å². The summed E-state index contributed by atoms with van der Waals surface area (Å²) in [4.78, 5) is 13.0. The van der Waals surface area contributed by atoms with Crippen LogP contribution in [-0.4, -0.2) is 5.78 Å². The van der Waals surface area contributed by atoms with Gasteiger partial charge in [-0.1, -0.05) is 39.7 Å². The summed E-state index contributed by atoms with van der Waals surface area (Å²) in [6.45, 7) is 3.84. The summed E-state index contributed by atoms with van der Waals surface area (Å²) in [6, 6.07) is 7.48. The molecule has 0 amide bonds. The van der Waals surface area contributed by atoms with Crippen LogP contribution < -0.4 is 0 Å². The van der Waals surface area contributed by atoms with Gasteiger partial charge in [0, 0.05) is 10.0 Å². The monoisotopic (exact) mass is 328 g/mol. The first-order valence-electron chi connectivity index (χ1n) is 5.06. The Balaban J connectivity index is 2.47. The molecule has 0 aliphatic carbocycles. The summed E-state index contributed by atoms with van der Waals surface area (Å²) in [5.74, 6) is 0.0313. The maximum absolute atomic E-state index is 12.3. The molecule has 2 rings (SSSR count). The molecule has 0 bridgehead atoms. The molecule has 1 heterocycles. The lowest BCUT2D eigenvalue weighted by Crippen LogP contribution is -2.01. The summed E-state index contributed by atoms with van der Waals surface area (Å²) >= 11 is 10.8. The molecule has 0 radical (unpaired) electrons. The van der Waals surface area contributed by atoms with Crippen molar-refractivity contribution in [3.05, 3.63) is 54.6 Å². The minimum Gasteiger partial charge on any atom is -0.288 e. The summed E-state index contributed by atoms with van der Waals surface area (Å²) in [6.07, 6.45) is 0. The van der Waals surface area contributed by atoms with Gasteiger partial charge in [-0.2, -0.15) is 0 Å². The third kappa shape index (κ3) is 2.46. The van der Waals surface area contributed by atoms with E-state index >= 15 is 0 Å². The van der Waals surface area contributed by atoms with E-state index in [4.69, 9.17) is 11.6 Å². The second kappa shape index (κ2) is 4.92. The highest BCUT2D eigenvalue weighted by atomic mass is 79.9. The van der Waals surface area contributed by atoms with Crippen LogP contribution in [0.4, 0.5) is 0 Å². The molecule has 0 atom stereocenters. The molecule has 0 fully saturated rings. The van der Waals surface area contributed by atoms with Crippen molar-refractivity contribution in [1.82, 2.24) is 0 Å². The van der Waals surface area contributed by atoms with Crippen molar-refractivity contribution in [3.8, 4) is 0 Å². The fourth-order valence-corrected chi connectivity index (χ4v) is 3.08. The fraction of sp³-hybridized carbons (Fsp3) is 0.154. The van der Waals surface area contributed by atoms with E-state index in [1.807, 2.05) is 38.1 Å². The maximum atomic E-state index is 12.3. The maximum Gasteiger partial charge on any atom is 0.203 e. The predicted octanol–water partition coefficient (Wildman–Crippen LogP) is 5.01. The van der Waals surface area contributed by atoms with Gasteiger partial charge in [0.2, 0.25) is 5.78 Å². The van der Waals surface area contributed by atoms with Gasteiger partial charge >= 0.3 is 0 Å².